The van der Waals surface area contributed by atoms with E-state index < -0.39 is 0 Å². The molecule has 6 heteroatoms. The zero-order chi connectivity index (χ0) is 21.3. The molecule has 3 aromatic carbocycles. The maximum absolute atomic E-state index is 13.4. The molecular weight excluding hydrogens is 435 g/mol. The molecule has 30 heavy (non-hydrogen) atoms. The largest absolute Gasteiger partial charge is 0.271 e. The number of aliphatic imine (C=N–C) groups is 1. The molecule has 150 valence electrons. The number of halogens is 2. The van der Waals surface area contributed by atoms with Gasteiger partial charge in [0.1, 0.15) is 0 Å². The summed E-state index contributed by atoms with van der Waals surface area (Å²) in [7, 11) is 0. The Balaban J connectivity index is 1.82. The molecule has 3 nitrogen and oxygen atoms in total. The van der Waals surface area contributed by atoms with Gasteiger partial charge in [0.15, 0.2) is 5.17 Å². The fourth-order valence-electron chi connectivity index (χ4n) is 3.12. The smallest absolute Gasteiger partial charge is 0.268 e. The van der Waals surface area contributed by atoms with E-state index in [9.17, 15) is 4.79 Å². The molecule has 0 bridgehead atoms. The fraction of sp³-hybridized carbons (Fsp3) is 0.0833. The van der Waals surface area contributed by atoms with E-state index in [2.05, 4.69) is 0 Å². The Labute approximate surface area is 190 Å². The van der Waals surface area contributed by atoms with Crippen LogP contribution < -0.4 is 4.90 Å². The number of hydrogen-bond acceptors (Lipinski definition) is 3. The molecule has 0 saturated carbocycles. The van der Waals surface area contributed by atoms with Crippen LogP contribution in [0.5, 0.6) is 0 Å². The van der Waals surface area contributed by atoms with Gasteiger partial charge in [-0.25, -0.2) is 4.99 Å². The van der Waals surface area contributed by atoms with Gasteiger partial charge in [-0.15, -0.1) is 0 Å². The third-order valence-electron chi connectivity index (χ3n) is 4.56. The molecule has 1 amide bonds. The Bertz CT molecular complexity index is 1200. The third-order valence-corrected chi connectivity index (χ3v) is 6.36. The first-order valence-corrected chi connectivity index (χ1v) is 10.9. The lowest BCUT2D eigenvalue weighted by Gasteiger charge is -2.16. The van der Waals surface area contributed by atoms with Crippen LogP contribution in [0.1, 0.15) is 16.7 Å². The van der Waals surface area contributed by atoms with E-state index in [1.54, 1.807) is 17.0 Å². The SMILES string of the molecule is Cc1cccc(N=C2S/C(=C\c3cccc(Cl)c3Cl)C(=O)N2c2cccc(C)c2)c1. The lowest BCUT2D eigenvalue weighted by molar-refractivity contribution is -0.113. The van der Waals surface area contributed by atoms with Crippen molar-refractivity contribution in [3.63, 3.8) is 0 Å². The second kappa shape index (κ2) is 8.68. The van der Waals surface area contributed by atoms with Crippen LogP contribution in [0.3, 0.4) is 0 Å². The van der Waals surface area contributed by atoms with Gasteiger partial charge in [-0.05, 0) is 78.7 Å². The summed E-state index contributed by atoms with van der Waals surface area (Å²) in [5.41, 5.74) is 4.44. The van der Waals surface area contributed by atoms with Crippen molar-refractivity contribution >= 4 is 63.5 Å². The van der Waals surface area contributed by atoms with E-state index in [0.717, 1.165) is 22.5 Å². The normalized spacial score (nSPS) is 16.7. The highest BCUT2D eigenvalue weighted by molar-refractivity contribution is 8.19. The lowest BCUT2D eigenvalue weighted by atomic mass is 10.2. The monoisotopic (exact) mass is 452 g/mol. The van der Waals surface area contributed by atoms with Crippen molar-refractivity contribution in [1.29, 1.82) is 0 Å². The maximum atomic E-state index is 13.4. The van der Waals surface area contributed by atoms with Crippen LogP contribution in [0.15, 0.2) is 76.6 Å². The number of amidine groups is 1. The summed E-state index contributed by atoms with van der Waals surface area (Å²) in [4.78, 5) is 20.3. The van der Waals surface area contributed by atoms with Gasteiger partial charge in [0.2, 0.25) is 0 Å². The average molecular weight is 453 g/mol. The van der Waals surface area contributed by atoms with Crippen molar-refractivity contribution in [1.82, 2.24) is 0 Å². The molecule has 0 unspecified atom stereocenters. The average Bonchev–Trinajstić information content (AvgIpc) is 3.00. The Hall–Kier alpha value is -2.53. The summed E-state index contributed by atoms with van der Waals surface area (Å²) >= 11 is 13.8. The number of thioether (sulfide) groups is 1. The number of rotatable bonds is 3. The van der Waals surface area contributed by atoms with E-state index in [1.165, 1.54) is 11.8 Å². The number of carbonyl (C=O) groups excluding carboxylic acids is 1. The Morgan fingerprint density at radius 1 is 0.933 bits per heavy atom. The van der Waals surface area contributed by atoms with Crippen LogP contribution in [0.4, 0.5) is 11.4 Å². The topological polar surface area (TPSA) is 32.7 Å². The van der Waals surface area contributed by atoms with Crippen molar-refractivity contribution in [3.8, 4) is 0 Å². The van der Waals surface area contributed by atoms with Crippen molar-refractivity contribution in [3.05, 3.63) is 98.4 Å². The van der Waals surface area contributed by atoms with Gasteiger partial charge < -0.3 is 0 Å². The van der Waals surface area contributed by atoms with Crippen LogP contribution in [-0.4, -0.2) is 11.1 Å². The minimum atomic E-state index is -0.145. The summed E-state index contributed by atoms with van der Waals surface area (Å²) in [5, 5.41) is 1.47. The van der Waals surface area contributed by atoms with Crippen molar-refractivity contribution in [2.24, 2.45) is 4.99 Å². The van der Waals surface area contributed by atoms with Crippen LogP contribution in [0.25, 0.3) is 6.08 Å². The molecule has 0 aliphatic carbocycles. The van der Waals surface area contributed by atoms with Gasteiger partial charge >= 0.3 is 0 Å². The van der Waals surface area contributed by atoms with Gasteiger partial charge in [0.25, 0.3) is 5.91 Å². The molecule has 0 atom stereocenters. The standard InChI is InChI=1S/C24H18Cl2N2OS/c1-15-6-3-9-18(12-15)27-24-28(19-10-4-7-16(2)13-19)23(29)21(30-24)14-17-8-5-11-20(25)22(17)26/h3-14H,1-2H3/b21-14-,27-24?. The molecule has 0 N–H and O–H groups in total. The Morgan fingerprint density at radius 2 is 1.63 bits per heavy atom. The van der Waals surface area contributed by atoms with E-state index in [4.69, 9.17) is 28.2 Å². The highest BCUT2D eigenvalue weighted by Crippen LogP contribution is 2.39. The van der Waals surface area contributed by atoms with Crippen molar-refractivity contribution < 1.29 is 4.79 Å². The predicted octanol–water partition coefficient (Wildman–Crippen LogP) is 7.42. The summed E-state index contributed by atoms with van der Waals surface area (Å²) in [6.45, 7) is 4.01. The van der Waals surface area contributed by atoms with Gasteiger partial charge in [0.05, 0.1) is 26.3 Å². The van der Waals surface area contributed by atoms with Gasteiger partial charge in [-0.3, -0.25) is 9.69 Å². The first kappa shape index (κ1) is 20.7. The number of carbonyl (C=O) groups is 1. The van der Waals surface area contributed by atoms with E-state index >= 15 is 0 Å². The Kier molecular flexibility index (Phi) is 6.00. The molecule has 1 saturated heterocycles. The van der Waals surface area contributed by atoms with Crippen LogP contribution in [0, 0.1) is 13.8 Å². The van der Waals surface area contributed by atoms with Gasteiger partial charge in [-0.2, -0.15) is 0 Å². The molecular formula is C24H18Cl2N2OS. The molecule has 0 radical (unpaired) electrons. The molecule has 4 rings (SSSR count). The van der Waals surface area contributed by atoms with E-state index in [0.29, 0.717) is 25.7 Å². The number of benzene rings is 3. The summed E-state index contributed by atoms with van der Waals surface area (Å²) < 4.78 is 0. The Morgan fingerprint density at radius 3 is 2.37 bits per heavy atom. The van der Waals surface area contributed by atoms with E-state index in [-0.39, 0.29) is 5.91 Å². The van der Waals surface area contributed by atoms with Crippen LogP contribution in [0.2, 0.25) is 10.0 Å². The highest BCUT2D eigenvalue weighted by Gasteiger charge is 2.35. The highest BCUT2D eigenvalue weighted by atomic mass is 35.5. The predicted molar refractivity (Wildman–Crippen MR) is 129 cm³/mol. The number of aryl methyl sites for hydroxylation is 2. The molecule has 0 spiro atoms. The minimum Gasteiger partial charge on any atom is -0.268 e. The zero-order valence-electron chi connectivity index (χ0n) is 16.4. The van der Waals surface area contributed by atoms with Gasteiger partial charge in [-0.1, -0.05) is 59.6 Å². The summed E-state index contributed by atoms with van der Waals surface area (Å²) in [5.74, 6) is -0.145. The third kappa shape index (κ3) is 4.31. The van der Waals surface area contributed by atoms with Crippen LogP contribution in [-0.2, 0) is 4.79 Å². The number of amides is 1. The number of hydrogen-bond donors (Lipinski definition) is 0. The minimum absolute atomic E-state index is 0.145. The molecule has 1 heterocycles. The number of anilines is 1. The molecule has 1 fully saturated rings. The number of nitrogens with zero attached hydrogens (tertiary/aromatic N) is 2. The second-order valence-electron chi connectivity index (χ2n) is 6.97. The molecule has 1 aliphatic heterocycles. The lowest BCUT2D eigenvalue weighted by Crippen LogP contribution is -2.28. The fourth-order valence-corrected chi connectivity index (χ4v) is 4.48. The summed E-state index contributed by atoms with van der Waals surface area (Å²) in [6, 6.07) is 21.1. The quantitative estimate of drug-likeness (QED) is 0.387. The van der Waals surface area contributed by atoms with Crippen molar-refractivity contribution in [2.45, 2.75) is 13.8 Å². The van der Waals surface area contributed by atoms with Crippen molar-refractivity contribution in [2.75, 3.05) is 4.90 Å². The molecule has 0 aromatic heterocycles. The molecule has 1 aliphatic rings. The molecule has 3 aromatic rings. The first-order chi connectivity index (χ1) is 14.4. The van der Waals surface area contributed by atoms with Crippen LogP contribution >= 0.6 is 35.0 Å². The zero-order valence-corrected chi connectivity index (χ0v) is 18.7. The van der Waals surface area contributed by atoms with Gasteiger partial charge in [0, 0.05) is 0 Å². The van der Waals surface area contributed by atoms with E-state index in [1.807, 2.05) is 74.5 Å². The maximum Gasteiger partial charge on any atom is 0.271 e. The first-order valence-electron chi connectivity index (χ1n) is 9.32. The second-order valence-corrected chi connectivity index (χ2v) is 8.76. The summed E-state index contributed by atoms with van der Waals surface area (Å²) in [6.07, 6.45) is 1.77.